The Morgan fingerprint density at radius 2 is 2.00 bits per heavy atom. The van der Waals surface area contributed by atoms with Gasteiger partial charge in [-0.2, -0.15) is 0 Å². The number of rotatable bonds is 4. The Balaban J connectivity index is 1.86. The molecule has 1 saturated heterocycles. The van der Waals surface area contributed by atoms with Crippen LogP contribution in [0, 0.1) is 5.82 Å². The molecular formula is C15H21FNO2+. The molecule has 1 aromatic carbocycles. The van der Waals surface area contributed by atoms with Gasteiger partial charge < -0.3 is 9.64 Å². The van der Waals surface area contributed by atoms with Gasteiger partial charge in [0, 0.05) is 0 Å². The minimum atomic E-state index is -0.568. The molecule has 1 fully saturated rings. The first kappa shape index (κ1) is 14.0. The monoisotopic (exact) mass is 266 g/mol. The van der Waals surface area contributed by atoms with Gasteiger partial charge in [0.15, 0.2) is 0 Å². The molecule has 3 nitrogen and oxygen atoms in total. The number of hydrogen-bond donors (Lipinski definition) is 1. The largest absolute Gasteiger partial charge is 0.453 e. The SMILES string of the molecule is C[C@@H](C[NH+]1CCCCC1)OC(=O)c1ccccc1F. The van der Waals surface area contributed by atoms with Gasteiger partial charge in [0.1, 0.15) is 18.5 Å². The second-order valence-electron chi connectivity index (χ2n) is 5.21. The summed E-state index contributed by atoms with van der Waals surface area (Å²) in [6.45, 7) is 4.96. The van der Waals surface area contributed by atoms with Crippen LogP contribution >= 0.6 is 0 Å². The number of carbonyl (C=O) groups is 1. The second kappa shape index (κ2) is 6.66. The van der Waals surface area contributed by atoms with Crippen molar-refractivity contribution >= 4 is 5.97 Å². The van der Waals surface area contributed by atoms with Crippen LogP contribution in [0.1, 0.15) is 36.5 Å². The van der Waals surface area contributed by atoms with E-state index in [2.05, 4.69) is 0 Å². The fourth-order valence-electron chi connectivity index (χ4n) is 2.58. The Morgan fingerprint density at radius 3 is 2.68 bits per heavy atom. The number of nitrogens with one attached hydrogen (secondary N) is 1. The van der Waals surface area contributed by atoms with Gasteiger partial charge in [-0.15, -0.1) is 0 Å². The molecular weight excluding hydrogens is 245 g/mol. The zero-order valence-electron chi connectivity index (χ0n) is 11.3. The molecule has 1 aromatic rings. The van der Waals surface area contributed by atoms with Gasteiger partial charge in [0.25, 0.3) is 0 Å². The molecule has 4 heteroatoms. The number of halogens is 1. The molecule has 2 rings (SSSR count). The number of ether oxygens (including phenoxy) is 1. The first-order chi connectivity index (χ1) is 9.16. The van der Waals surface area contributed by atoms with Crippen LogP contribution in [0.15, 0.2) is 24.3 Å². The van der Waals surface area contributed by atoms with E-state index in [1.807, 2.05) is 6.92 Å². The number of esters is 1. The Labute approximate surface area is 113 Å². The minimum absolute atomic E-state index is 0.0167. The van der Waals surface area contributed by atoms with E-state index in [0.29, 0.717) is 0 Å². The summed E-state index contributed by atoms with van der Waals surface area (Å²) in [5.41, 5.74) is 0.0167. The smallest absolute Gasteiger partial charge is 0.341 e. The van der Waals surface area contributed by atoms with Crippen molar-refractivity contribution in [2.75, 3.05) is 19.6 Å². The third-order valence-electron chi connectivity index (χ3n) is 3.54. The summed E-state index contributed by atoms with van der Waals surface area (Å²) in [5.74, 6) is -1.09. The van der Waals surface area contributed by atoms with E-state index in [9.17, 15) is 9.18 Å². The highest BCUT2D eigenvalue weighted by Gasteiger charge is 2.21. The standard InChI is InChI=1S/C15H20FNO2/c1-12(11-17-9-5-2-6-10-17)19-15(18)13-7-3-4-8-14(13)16/h3-4,7-8,12H,2,5-6,9-11H2,1H3/p+1/t12-/m0/s1. The van der Waals surface area contributed by atoms with Gasteiger partial charge in [-0.05, 0) is 38.3 Å². The molecule has 0 spiro atoms. The van der Waals surface area contributed by atoms with Crippen LogP contribution in [-0.4, -0.2) is 31.7 Å². The van der Waals surface area contributed by atoms with Gasteiger partial charge in [0.2, 0.25) is 0 Å². The van der Waals surface area contributed by atoms with E-state index in [0.717, 1.165) is 19.6 Å². The lowest BCUT2D eigenvalue weighted by Gasteiger charge is -2.26. The molecule has 1 N–H and O–H groups in total. The van der Waals surface area contributed by atoms with Crippen LogP contribution in [-0.2, 0) is 4.74 Å². The Kier molecular flexibility index (Phi) is 4.91. The maximum atomic E-state index is 13.4. The van der Waals surface area contributed by atoms with Crippen LogP contribution in [0.5, 0.6) is 0 Å². The number of likely N-dealkylation sites (tertiary alicyclic amines) is 1. The fourth-order valence-corrected chi connectivity index (χ4v) is 2.58. The fraction of sp³-hybridized carbons (Fsp3) is 0.533. The van der Waals surface area contributed by atoms with Crippen LogP contribution in [0.25, 0.3) is 0 Å². The lowest BCUT2D eigenvalue weighted by molar-refractivity contribution is -0.907. The Bertz CT molecular complexity index is 430. The van der Waals surface area contributed by atoms with Crippen LogP contribution < -0.4 is 4.90 Å². The number of piperidine rings is 1. The molecule has 1 aliphatic rings. The van der Waals surface area contributed by atoms with Gasteiger partial charge >= 0.3 is 5.97 Å². The lowest BCUT2D eigenvalue weighted by atomic mass is 10.1. The molecule has 0 bridgehead atoms. The molecule has 0 radical (unpaired) electrons. The molecule has 1 heterocycles. The Morgan fingerprint density at radius 1 is 1.32 bits per heavy atom. The van der Waals surface area contributed by atoms with Crippen molar-refractivity contribution in [3.8, 4) is 0 Å². The van der Waals surface area contributed by atoms with Crippen molar-refractivity contribution in [3.63, 3.8) is 0 Å². The predicted octanol–water partition coefficient (Wildman–Crippen LogP) is 1.44. The first-order valence-electron chi connectivity index (χ1n) is 6.96. The quantitative estimate of drug-likeness (QED) is 0.836. The molecule has 19 heavy (non-hydrogen) atoms. The Hall–Kier alpha value is -1.42. The van der Waals surface area contributed by atoms with Crippen molar-refractivity contribution in [3.05, 3.63) is 35.6 Å². The molecule has 0 aromatic heterocycles. The van der Waals surface area contributed by atoms with Gasteiger partial charge in [-0.1, -0.05) is 12.1 Å². The summed E-state index contributed by atoms with van der Waals surface area (Å²) in [6, 6.07) is 5.93. The highest BCUT2D eigenvalue weighted by molar-refractivity contribution is 5.89. The van der Waals surface area contributed by atoms with E-state index in [-0.39, 0.29) is 11.7 Å². The molecule has 104 valence electrons. The molecule has 0 unspecified atom stereocenters. The van der Waals surface area contributed by atoms with Crippen LogP contribution in [0.2, 0.25) is 0 Å². The predicted molar refractivity (Wildman–Crippen MR) is 70.7 cm³/mol. The average Bonchev–Trinajstić information content (AvgIpc) is 2.40. The first-order valence-corrected chi connectivity index (χ1v) is 6.96. The molecule has 1 atom stereocenters. The summed E-state index contributed by atoms with van der Waals surface area (Å²) in [4.78, 5) is 13.3. The summed E-state index contributed by atoms with van der Waals surface area (Å²) in [5, 5.41) is 0. The summed E-state index contributed by atoms with van der Waals surface area (Å²) >= 11 is 0. The van der Waals surface area contributed by atoms with Crippen molar-refractivity contribution in [1.82, 2.24) is 0 Å². The number of benzene rings is 1. The third kappa shape index (κ3) is 4.03. The molecule has 1 aliphatic heterocycles. The molecule has 0 saturated carbocycles. The van der Waals surface area contributed by atoms with Crippen LogP contribution in [0.3, 0.4) is 0 Å². The zero-order valence-corrected chi connectivity index (χ0v) is 11.3. The highest BCUT2D eigenvalue weighted by atomic mass is 19.1. The summed E-state index contributed by atoms with van der Waals surface area (Å²) in [6.07, 6.45) is 3.60. The molecule has 0 amide bonds. The van der Waals surface area contributed by atoms with E-state index >= 15 is 0 Å². The van der Waals surface area contributed by atoms with Crippen molar-refractivity contribution < 1.29 is 18.8 Å². The van der Waals surface area contributed by atoms with Crippen molar-refractivity contribution in [2.24, 2.45) is 0 Å². The normalized spacial score (nSPS) is 18.0. The number of carbonyl (C=O) groups excluding carboxylic acids is 1. The number of hydrogen-bond acceptors (Lipinski definition) is 2. The maximum absolute atomic E-state index is 13.4. The van der Waals surface area contributed by atoms with Crippen LogP contribution in [0.4, 0.5) is 4.39 Å². The molecule has 0 aliphatic carbocycles. The zero-order chi connectivity index (χ0) is 13.7. The van der Waals surface area contributed by atoms with E-state index in [1.165, 1.54) is 36.3 Å². The van der Waals surface area contributed by atoms with E-state index in [1.54, 1.807) is 12.1 Å². The topological polar surface area (TPSA) is 30.7 Å². The summed E-state index contributed by atoms with van der Waals surface area (Å²) < 4.78 is 18.8. The van der Waals surface area contributed by atoms with Gasteiger partial charge in [0.05, 0.1) is 18.7 Å². The average molecular weight is 266 g/mol. The summed E-state index contributed by atoms with van der Waals surface area (Å²) in [7, 11) is 0. The van der Waals surface area contributed by atoms with E-state index < -0.39 is 11.8 Å². The van der Waals surface area contributed by atoms with Crippen molar-refractivity contribution in [2.45, 2.75) is 32.3 Å². The lowest BCUT2D eigenvalue weighted by Crippen LogP contribution is -3.13. The second-order valence-corrected chi connectivity index (χ2v) is 5.21. The maximum Gasteiger partial charge on any atom is 0.341 e. The van der Waals surface area contributed by atoms with E-state index in [4.69, 9.17) is 4.74 Å². The highest BCUT2D eigenvalue weighted by Crippen LogP contribution is 2.09. The number of quaternary nitrogens is 1. The minimum Gasteiger partial charge on any atom is -0.453 e. The van der Waals surface area contributed by atoms with Crippen molar-refractivity contribution in [1.29, 1.82) is 0 Å². The van der Waals surface area contributed by atoms with Gasteiger partial charge in [-0.25, -0.2) is 9.18 Å². The van der Waals surface area contributed by atoms with Gasteiger partial charge in [-0.3, -0.25) is 0 Å². The third-order valence-corrected chi connectivity index (χ3v) is 3.54.